The van der Waals surface area contributed by atoms with Gasteiger partial charge in [-0.1, -0.05) is 30.3 Å². The molecular weight excluding hydrogens is 288 g/mol. The van der Waals surface area contributed by atoms with Crippen LogP contribution in [0.25, 0.3) is 11.0 Å². The van der Waals surface area contributed by atoms with Gasteiger partial charge in [0.05, 0.1) is 17.7 Å². The molecule has 1 atom stereocenters. The molecule has 4 rings (SSSR count). The van der Waals surface area contributed by atoms with E-state index < -0.39 is 6.10 Å². The van der Waals surface area contributed by atoms with Crippen molar-refractivity contribution < 1.29 is 5.11 Å². The fraction of sp³-hybridized carbons (Fsp3) is 0.333. The highest BCUT2D eigenvalue weighted by molar-refractivity contribution is 5.88. The molecule has 23 heavy (non-hydrogen) atoms. The van der Waals surface area contributed by atoms with E-state index in [0.717, 1.165) is 41.7 Å². The van der Waals surface area contributed by atoms with Gasteiger partial charge in [-0.15, -0.1) is 0 Å². The van der Waals surface area contributed by atoms with E-state index in [-0.39, 0.29) is 5.41 Å². The number of hydrogen-bond acceptors (Lipinski definition) is 4. The van der Waals surface area contributed by atoms with Crippen LogP contribution in [0.3, 0.4) is 0 Å². The van der Waals surface area contributed by atoms with Crippen LogP contribution < -0.4 is 5.32 Å². The second-order valence-electron chi connectivity index (χ2n) is 6.39. The van der Waals surface area contributed by atoms with Crippen LogP contribution in [0.4, 0.5) is 5.69 Å². The number of hydrogen-bond donors (Lipinski definition) is 2. The third-order valence-electron chi connectivity index (χ3n) is 4.85. The fourth-order valence-corrected chi connectivity index (χ4v) is 3.17. The van der Waals surface area contributed by atoms with Crippen LogP contribution in [0.2, 0.25) is 0 Å². The summed E-state index contributed by atoms with van der Waals surface area (Å²) in [6.45, 7) is 0.747. The van der Waals surface area contributed by atoms with Crippen LogP contribution in [-0.2, 0) is 7.05 Å². The van der Waals surface area contributed by atoms with E-state index in [2.05, 4.69) is 15.4 Å². The van der Waals surface area contributed by atoms with Gasteiger partial charge in [0.2, 0.25) is 0 Å². The van der Waals surface area contributed by atoms with E-state index in [0.29, 0.717) is 0 Å². The second kappa shape index (κ2) is 5.35. The molecule has 1 saturated carbocycles. The SMILES string of the molecule is Cn1ncc2c(NCC3(C(O)c4ccccc4)CC3)ccnc21. The van der Waals surface area contributed by atoms with Crippen molar-refractivity contribution in [2.24, 2.45) is 12.5 Å². The van der Waals surface area contributed by atoms with Crippen molar-refractivity contribution in [3.63, 3.8) is 0 Å². The van der Waals surface area contributed by atoms with Crippen LogP contribution >= 0.6 is 0 Å². The summed E-state index contributed by atoms with van der Waals surface area (Å²) in [6, 6.07) is 11.9. The highest BCUT2D eigenvalue weighted by atomic mass is 16.3. The van der Waals surface area contributed by atoms with Crippen LogP contribution in [0.1, 0.15) is 24.5 Å². The summed E-state index contributed by atoms with van der Waals surface area (Å²) >= 11 is 0. The van der Waals surface area contributed by atoms with Gasteiger partial charge in [-0.05, 0) is 24.5 Å². The molecule has 2 heterocycles. The third kappa shape index (κ3) is 2.47. The Morgan fingerprint density at radius 3 is 2.78 bits per heavy atom. The van der Waals surface area contributed by atoms with E-state index >= 15 is 0 Å². The van der Waals surface area contributed by atoms with Gasteiger partial charge in [-0.25, -0.2) is 4.98 Å². The van der Waals surface area contributed by atoms with Crippen LogP contribution in [-0.4, -0.2) is 26.4 Å². The molecule has 2 N–H and O–H groups in total. The fourth-order valence-electron chi connectivity index (χ4n) is 3.17. The lowest BCUT2D eigenvalue weighted by molar-refractivity contribution is 0.1000. The molecule has 0 spiro atoms. The monoisotopic (exact) mass is 308 g/mol. The van der Waals surface area contributed by atoms with Gasteiger partial charge in [0.1, 0.15) is 0 Å². The van der Waals surface area contributed by atoms with E-state index in [1.165, 1.54) is 0 Å². The first kappa shape index (κ1) is 14.2. The molecular formula is C18H20N4O. The standard InChI is InChI=1S/C18H20N4O/c1-22-17-14(11-21-22)15(7-10-19-17)20-12-18(8-9-18)16(23)13-5-3-2-4-6-13/h2-7,10-11,16,23H,8-9,12H2,1H3,(H,19,20). The molecule has 1 aliphatic rings. The Kier molecular flexibility index (Phi) is 3.31. The molecule has 3 aromatic rings. The smallest absolute Gasteiger partial charge is 0.159 e. The van der Waals surface area contributed by atoms with Gasteiger partial charge in [0, 0.05) is 30.9 Å². The highest BCUT2D eigenvalue weighted by Crippen LogP contribution is 2.54. The molecule has 0 saturated heterocycles. The Bertz CT molecular complexity index is 823. The van der Waals surface area contributed by atoms with Crippen LogP contribution in [0.5, 0.6) is 0 Å². The maximum atomic E-state index is 10.7. The number of nitrogens with one attached hydrogen (secondary N) is 1. The van der Waals surface area contributed by atoms with Crippen molar-refractivity contribution in [2.75, 3.05) is 11.9 Å². The van der Waals surface area contributed by atoms with Crippen molar-refractivity contribution in [3.8, 4) is 0 Å². The normalized spacial score (nSPS) is 17.1. The second-order valence-corrected chi connectivity index (χ2v) is 6.39. The summed E-state index contributed by atoms with van der Waals surface area (Å²) in [5, 5.41) is 19.5. The van der Waals surface area contributed by atoms with Gasteiger partial charge in [0.15, 0.2) is 5.65 Å². The van der Waals surface area contributed by atoms with Gasteiger partial charge in [-0.3, -0.25) is 4.68 Å². The minimum atomic E-state index is -0.428. The number of aromatic nitrogens is 3. The average Bonchev–Trinajstić information content (AvgIpc) is 3.30. The number of aliphatic hydroxyl groups is 1. The largest absolute Gasteiger partial charge is 0.388 e. The van der Waals surface area contributed by atoms with Crippen molar-refractivity contribution in [3.05, 3.63) is 54.4 Å². The number of benzene rings is 1. The number of anilines is 1. The number of nitrogens with zero attached hydrogens (tertiary/aromatic N) is 3. The quantitative estimate of drug-likeness (QED) is 0.761. The first-order chi connectivity index (χ1) is 11.2. The van der Waals surface area contributed by atoms with Gasteiger partial charge in [-0.2, -0.15) is 5.10 Å². The minimum Gasteiger partial charge on any atom is -0.388 e. The lowest BCUT2D eigenvalue weighted by atomic mass is 9.92. The Hall–Kier alpha value is -2.40. The van der Waals surface area contributed by atoms with Gasteiger partial charge < -0.3 is 10.4 Å². The number of aliphatic hydroxyl groups excluding tert-OH is 1. The Labute approximate surface area is 135 Å². The number of rotatable bonds is 5. The number of pyridine rings is 1. The first-order valence-corrected chi connectivity index (χ1v) is 7.93. The first-order valence-electron chi connectivity index (χ1n) is 7.93. The van der Waals surface area contributed by atoms with Gasteiger partial charge in [0.25, 0.3) is 0 Å². The predicted molar refractivity (Wildman–Crippen MR) is 90.1 cm³/mol. The van der Waals surface area contributed by atoms with Crippen molar-refractivity contribution in [1.29, 1.82) is 0 Å². The van der Waals surface area contributed by atoms with Crippen molar-refractivity contribution >= 4 is 16.7 Å². The van der Waals surface area contributed by atoms with Crippen LogP contribution in [0.15, 0.2) is 48.8 Å². The van der Waals surface area contributed by atoms with E-state index in [4.69, 9.17) is 0 Å². The molecule has 1 fully saturated rings. The summed E-state index contributed by atoms with van der Waals surface area (Å²) in [5.41, 5.74) is 2.81. The maximum Gasteiger partial charge on any atom is 0.159 e. The Morgan fingerprint density at radius 1 is 1.26 bits per heavy atom. The minimum absolute atomic E-state index is 0.0703. The zero-order valence-corrected chi connectivity index (χ0v) is 13.1. The zero-order chi connectivity index (χ0) is 15.9. The van der Waals surface area contributed by atoms with Crippen LogP contribution in [0, 0.1) is 5.41 Å². The van der Waals surface area contributed by atoms with Gasteiger partial charge >= 0.3 is 0 Å². The number of fused-ring (bicyclic) bond motifs is 1. The molecule has 0 amide bonds. The summed E-state index contributed by atoms with van der Waals surface area (Å²) in [4.78, 5) is 4.36. The number of aryl methyl sites for hydroxylation is 1. The summed E-state index contributed by atoms with van der Waals surface area (Å²) < 4.78 is 1.77. The third-order valence-corrected chi connectivity index (χ3v) is 4.85. The Balaban J connectivity index is 1.54. The molecule has 0 radical (unpaired) electrons. The van der Waals surface area contributed by atoms with Crippen molar-refractivity contribution in [2.45, 2.75) is 18.9 Å². The molecule has 1 unspecified atom stereocenters. The topological polar surface area (TPSA) is 63.0 Å². The van der Waals surface area contributed by atoms with E-state index in [9.17, 15) is 5.11 Å². The lowest BCUT2D eigenvalue weighted by Gasteiger charge is -2.23. The molecule has 0 aliphatic heterocycles. The predicted octanol–water partition coefficient (Wildman–Crippen LogP) is 2.89. The lowest BCUT2D eigenvalue weighted by Crippen LogP contribution is -2.23. The molecule has 0 bridgehead atoms. The molecule has 1 aliphatic carbocycles. The average molecular weight is 308 g/mol. The molecule has 1 aromatic carbocycles. The zero-order valence-electron chi connectivity index (χ0n) is 13.1. The molecule has 5 nitrogen and oxygen atoms in total. The highest BCUT2D eigenvalue weighted by Gasteiger charge is 2.49. The molecule has 5 heteroatoms. The molecule has 2 aromatic heterocycles. The van der Waals surface area contributed by atoms with Crippen molar-refractivity contribution in [1.82, 2.24) is 14.8 Å². The summed E-state index contributed by atoms with van der Waals surface area (Å²) in [7, 11) is 1.89. The Morgan fingerprint density at radius 2 is 2.04 bits per heavy atom. The summed E-state index contributed by atoms with van der Waals surface area (Å²) in [5.74, 6) is 0. The maximum absolute atomic E-state index is 10.7. The van der Waals surface area contributed by atoms with E-state index in [1.807, 2.05) is 49.6 Å². The molecule has 118 valence electrons. The van der Waals surface area contributed by atoms with E-state index in [1.54, 1.807) is 10.9 Å². The summed E-state index contributed by atoms with van der Waals surface area (Å²) in [6.07, 6.45) is 5.27.